The predicted octanol–water partition coefficient (Wildman–Crippen LogP) is 2.34. The lowest BCUT2D eigenvalue weighted by atomic mass is 9.77. The fraction of sp³-hybridized carbons (Fsp3) is 0.526. The first-order valence-corrected chi connectivity index (χ1v) is 8.74. The molecular formula is C19H29BN2O3. The average Bonchev–Trinajstić information content (AvgIpc) is 2.73. The predicted molar refractivity (Wildman–Crippen MR) is 102 cm³/mol. The van der Waals surface area contributed by atoms with Gasteiger partial charge in [-0.2, -0.15) is 0 Å². The molecule has 0 spiro atoms. The second-order valence-corrected chi connectivity index (χ2v) is 7.50. The van der Waals surface area contributed by atoms with Crippen LogP contribution in [0.3, 0.4) is 0 Å². The monoisotopic (exact) mass is 344 g/mol. The summed E-state index contributed by atoms with van der Waals surface area (Å²) in [4.78, 5) is 11.4. The van der Waals surface area contributed by atoms with Gasteiger partial charge in [0.1, 0.15) is 0 Å². The molecule has 0 unspecified atom stereocenters. The van der Waals surface area contributed by atoms with Crippen LogP contribution in [0.15, 0.2) is 29.7 Å². The van der Waals surface area contributed by atoms with Crippen molar-refractivity contribution in [1.82, 2.24) is 5.32 Å². The van der Waals surface area contributed by atoms with Gasteiger partial charge in [0.2, 0.25) is 5.91 Å². The number of benzene rings is 1. The number of hydrogen-bond donors (Lipinski definition) is 2. The molecule has 5 nitrogen and oxygen atoms in total. The molecule has 1 aliphatic heterocycles. The van der Waals surface area contributed by atoms with E-state index in [2.05, 4.69) is 17.4 Å². The summed E-state index contributed by atoms with van der Waals surface area (Å²) in [5.41, 5.74) is 7.89. The van der Waals surface area contributed by atoms with E-state index >= 15 is 0 Å². The lowest BCUT2D eigenvalue weighted by molar-refractivity contribution is -0.118. The maximum Gasteiger partial charge on any atom is 0.492 e. The van der Waals surface area contributed by atoms with Crippen LogP contribution in [0, 0.1) is 0 Å². The van der Waals surface area contributed by atoms with Crippen molar-refractivity contribution in [3.8, 4) is 0 Å². The van der Waals surface area contributed by atoms with Gasteiger partial charge >= 0.3 is 7.12 Å². The Morgan fingerprint density at radius 2 is 1.72 bits per heavy atom. The van der Waals surface area contributed by atoms with E-state index in [1.54, 1.807) is 0 Å². The maximum absolute atomic E-state index is 11.4. The molecule has 0 saturated carbocycles. The van der Waals surface area contributed by atoms with Crippen molar-refractivity contribution < 1.29 is 14.1 Å². The highest BCUT2D eigenvalue weighted by atomic mass is 16.7. The van der Waals surface area contributed by atoms with Gasteiger partial charge in [-0.15, -0.1) is 0 Å². The summed E-state index contributed by atoms with van der Waals surface area (Å²) in [7, 11) is -0.486. The SMILES string of the molecule is CC(=O)NCC(=Cc1ccc(CCN)cc1)B1OC(C)(C)C(C)(C)O1. The van der Waals surface area contributed by atoms with E-state index in [1.807, 2.05) is 45.9 Å². The number of carbonyl (C=O) groups excluding carboxylic acids is 1. The molecule has 1 heterocycles. The van der Waals surface area contributed by atoms with Crippen molar-refractivity contribution in [2.45, 2.75) is 52.2 Å². The fourth-order valence-corrected chi connectivity index (χ4v) is 2.58. The van der Waals surface area contributed by atoms with Crippen LogP contribution in [-0.4, -0.2) is 37.3 Å². The largest absolute Gasteiger partial charge is 0.492 e. The van der Waals surface area contributed by atoms with Crippen LogP contribution in [0.5, 0.6) is 0 Å². The third-order valence-corrected chi connectivity index (χ3v) is 4.86. The van der Waals surface area contributed by atoms with Gasteiger partial charge in [0.05, 0.1) is 11.2 Å². The van der Waals surface area contributed by atoms with Gasteiger partial charge in [0.15, 0.2) is 0 Å². The molecule has 136 valence electrons. The van der Waals surface area contributed by atoms with E-state index in [0.29, 0.717) is 13.1 Å². The first-order valence-electron chi connectivity index (χ1n) is 8.74. The summed E-state index contributed by atoms with van der Waals surface area (Å²) >= 11 is 0. The number of nitrogens with one attached hydrogen (secondary N) is 1. The molecule has 0 atom stereocenters. The Morgan fingerprint density at radius 3 is 2.20 bits per heavy atom. The first-order chi connectivity index (χ1) is 11.6. The summed E-state index contributed by atoms with van der Waals surface area (Å²) in [5, 5.41) is 2.85. The van der Waals surface area contributed by atoms with E-state index in [9.17, 15) is 4.79 Å². The second kappa shape index (κ2) is 7.73. The molecule has 0 bridgehead atoms. The van der Waals surface area contributed by atoms with Crippen molar-refractivity contribution in [3.63, 3.8) is 0 Å². The third-order valence-electron chi connectivity index (χ3n) is 4.86. The number of hydrogen-bond acceptors (Lipinski definition) is 4. The lowest BCUT2D eigenvalue weighted by Crippen LogP contribution is -2.41. The molecule has 1 aromatic rings. The third kappa shape index (κ3) is 4.94. The number of nitrogens with two attached hydrogens (primary N) is 1. The van der Waals surface area contributed by atoms with Gasteiger partial charge in [-0.05, 0) is 57.3 Å². The van der Waals surface area contributed by atoms with Crippen LogP contribution in [0.2, 0.25) is 0 Å². The van der Waals surface area contributed by atoms with Gasteiger partial charge in [0.25, 0.3) is 0 Å². The van der Waals surface area contributed by atoms with E-state index in [1.165, 1.54) is 12.5 Å². The second-order valence-electron chi connectivity index (χ2n) is 7.50. The number of amides is 1. The van der Waals surface area contributed by atoms with E-state index in [-0.39, 0.29) is 5.91 Å². The molecule has 1 aromatic carbocycles. The molecule has 0 aromatic heterocycles. The van der Waals surface area contributed by atoms with Crippen LogP contribution in [0.1, 0.15) is 45.7 Å². The van der Waals surface area contributed by atoms with E-state index in [0.717, 1.165) is 17.5 Å². The molecule has 3 N–H and O–H groups in total. The maximum atomic E-state index is 11.4. The smallest absolute Gasteiger partial charge is 0.400 e. The van der Waals surface area contributed by atoms with Crippen molar-refractivity contribution in [3.05, 3.63) is 40.9 Å². The Bertz CT molecular complexity index is 623. The molecule has 0 radical (unpaired) electrons. The molecule has 1 amide bonds. The Hall–Kier alpha value is -1.63. The quantitative estimate of drug-likeness (QED) is 0.777. The van der Waals surface area contributed by atoms with Crippen LogP contribution in [0.4, 0.5) is 0 Å². The molecule has 6 heteroatoms. The van der Waals surface area contributed by atoms with Gasteiger partial charge in [-0.1, -0.05) is 30.3 Å². The minimum atomic E-state index is -0.486. The minimum absolute atomic E-state index is 0.0827. The van der Waals surface area contributed by atoms with Crippen molar-refractivity contribution >= 4 is 19.1 Å². The average molecular weight is 344 g/mol. The highest BCUT2D eigenvalue weighted by Crippen LogP contribution is 2.38. The zero-order valence-electron chi connectivity index (χ0n) is 15.9. The molecule has 25 heavy (non-hydrogen) atoms. The molecule has 1 aliphatic rings. The molecule has 1 fully saturated rings. The zero-order chi connectivity index (χ0) is 18.7. The van der Waals surface area contributed by atoms with Crippen molar-refractivity contribution in [2.24, 2.45) is 5.73 Å². The summed E-state index contributed by atoms with van der Waals surface area (Å²) in [6.07, 6.45) is 2.88. The normalized spacial score (nSPS) is 19.1. The summed E-state index contributed by atoms with van der Waals surface area (Å²) in [6.45, 7) is 10.6. The highest BCUT2D eigenvalue weighted by molar-refractivity contribution is 6.56. The Morgan fingerprint density at radius 1 is 1.16 bits per heavy atom. The summed E-state index contributed by atoms with van der Waals surface area (Å²) in [5.74, 6) is -0.0827. The topological polar surface area (TPSA) is 73.6 Å². The first kappa shape index (κ1) is 19.7. The standard InChI is InChI=1S/C19H29BN2O3/c1-14(23)22-13-17(20-24-18(2,3)19(4,5)25-20)12-16-8-6-15(7-9-16)10-11-21/h6-9,12H,10-11,13,21H2,1-5H3,(H,22,23). The van der Waals surface area contributed by atoms with E-state index < -0.39 is 18.3 Å². The number of rotatable bonds is 6. The summed E-state index contributed by atoms with van der Waals surface area (Å²) in [6, 6.07) is 8.23. The minimum Gasteiger partial charge on any atom is -0.400 e. The van der Waals surface area contributed by atoms with Gasteiger partial charge in [0, 0.05) is 13.5 Å². The fourth-order valence-electron chi connectivity index (χ4n) is 2.58. The highest BCUT2D eigenvalue weighted by Gasteiger charge is 2.52. The van der Waals surface area contributed by atoms with Crippen molar-refractivity contribution in [2.75, 3.05) is 13.1 Å². The van der Waals surface area contributed by atoms with Gasteiger partial charge in [-0.3, -0.25) is 4.79 Å². The molecule has 1 saturated heterocycles. The Balaban J connectivity index is 2.25. The van der Waals surface area contributed by atoms with Crippen molar-refractivity contribution in [1.29, 1.82) is 0 Å². The number of carbonyl (C=O) groups is 1. The Kier molecular flexibility index (Phi) is 6.09. The van der Waals surface area contributed by atoms with Crippen LogP contribution >= 0.6 is 0 Å². The Labute approximate surface area is 151 Å². The molecule has 2 rings (SSSR count). The van der Waals surface area contributed by atoms with E-state index in [4.69, 9.17) is 15.0 Å². The molecular weight excluding hydrogens is 315 g/mol. The van der Waals surface area contributed by atoms with Crippen LogP contribution < -0.4 is 11.1 Å². The summed E-state index contributed by atoms with van der Waals surface area (Å²) < 4.78 is 12.3. The zero-order valence-corrected chi connectivity index (χ0v) is 15.9. The van der Waals surface area contributed by atoms with Crippen LogP contribution in [0.25, 0.3) is 6.08 Å². The van der Waals surface area contributed by atoms with Gasteiger partial charge in [-0.25, -0.2) is 0 Å². The molecule has 0 aliphatic carbocycles. The lowest BCUT2D eigenvalue weighted by Gasteiger charge is -2.32. The van der Waals surface area contributed by atoms with Gasteiger partial charge < -0.3 is 20.4 Å². The van der Waals surface area contributed by atoms with Crippen LogP contribution in [-0.2, 0) is 20.5 Å².